The maximum absolute atomic E-state index is 14.7. The number of likely N-dealkylation sites (tertiary alicyclic amines) is 1. The van der Waals surface area contributed by atoms with Crippen molar-refractivity contribution >= 4 is 44.5 Å². The molecule has 2 aromatic carbocycles. The summed E-state index contributed by atoms with van der Waals surface area (Å²) in [5, 5.41) is 13.3. The Morgan fingerprint density at radius 3 is 2.65 bits per heavy atom. The number of piperidine rings is 1. The first kappa shape index (κ1) is 25.8. The number of carbonyl (C=O) groups excluding carboxylic acids is 1. The number of aromatic amines is 1. The minimum absolute atomic E-state index is 0.0219. The molecule has 1 amide bonds. The average molecular weight is 555 g/mol. The van der Waals surface area contributed by atoms with Crippen LogP contribution in [0.2, 0.25) is 0 Å². The molecule has 3 aromatic heterocycles. The van der Waals surface area contributed by atoms with Gasteiger partial charge in [0.1, 0.15) is 17.3 Å². The highest BCUT2D eigenvalue weighted by Crippen LogP contribution is 2.30. The Balaban J connectivity index is 1.20. The number of hydrogen-bond acceptors (Lipinski definition) is 7. The molecule has 1 aliphatic heterocycles. The number of H-pyrrole nitrogens is 1. The number of hydrogen-bond donors (Lipinski definition) is 3. The smallest absolute Gasteiger partial charge is 0.287 e. The van der Waals surface area contributed by atoms with E-state index in [9.17, 15) is 14.0 Å². The molecule has 3 N–H and O–H groups in total. The molecule has 0 aliphatic carbocycles. The summed E-state index contributed by atoms with van der Waals surface area (Å²) in [4.78, 5) is 32.7. The van der Waals surface area contributed by atoms with Gasteiger partial charge in [-0.15, -0.1) is 11.3 Å². The fraction of sp³-hybridized carbons (Fsp3) is 0.200. The van der Waals surface area contributed by atoms with Crippen LogP contribution in [0, 0.1) is 5.82 Å². The van der Waals surface area contributed by atoms with Gasteiger partial charge in [-0.3, -0.25) is 9.59 Å². The first-order valence-corrected chi connectivity index (χ1v) is 13.9. The van der Waals surface area contributed by atoms with Crippen LogP contribution in [-0.4, -0.2) is 46.1 Å². The third kappa shape index (κ3) is 5.49. The molecule has 1 fully saturated rings. The van der Waals surface area contributed by atoms with Gasteiger partial charge in [0.25, 0.3) is 11.5 Å². The number of anilines is 3. The highest BCUT2D eigenvalue weighted by Gasteiger charge is 2.19. The van der Waals surface area contributed by atoms with Gasteiger partial charge in [0.15, 0.2) is 0 Å². The van der Waals surface area contributed by atoms with Crippen LogP contribution in [0.4, 0.5) is 21.6 Å². The SMILES string of the molecule is CN1CCC(c2ccc(Nc3cc(-c4ccc(F)c(NC(=O)c5cc6ccccc6s5)c4)n[nH]c3=O)nc2)CC1. The van der Waals surface area contributed by atoms with Crippen LogP contribution in [0.5, 0.6) is 0 Å². The molecule has 0 atom stereocenters. The number of thiophene rings is 1. The molecule has 10 heteroatoms. The predicted octanol–water partition coefficient (Wildman–Crippen LogP) is 5.99. The summed E-state index contributed by atoms with van der Waals surface area (Å²) in [6.07, 6.45) is 4.06. The standard InChI is InChI=1S/C30H27FN6O2S/c1-37-12-10-18(11-13-37)21-7-9-28(32-17-21)33-25-16-23(35-36-29(25)38)19-6-8-22(31)24(14-19)34-30(39)27-15-20-4-2-3-5-26(20)40-27/h2-9,14-18H,10-13H2,1H3,(H,34,39)(H,36,38)(H,32,33,35). The van der Waals surface area contributed by atoms with Crippen molar-refractivity contribution in [3.8, 4) is 11.3 Å². The lowest BCUT2D eigenvalue weighted by molar-refractivity contribution is 0.103. The minimum atomic E-state index is -0.574. The van der Waals surface area contributed by atoms with Gasteiger partial charge in [0, 0.05) is 16.5 Å². The second-order valence-corrected chi connectivity index (χ2v) is 11.1. The van der Waals surface area contributed by atoms with Crippen LogP contribution < -0.4 is 16.2 Å². The van der Waals surface area contributed by atoms with Crippen molar-refractivity contribution in [3.05, 3.63) is 99.5 Å². The molecule has 1 saturated heterocycles. The van der Waals surface area contributed by atoms with E-state index in [4.69, 9.17) is 0 Å². The van der Waals surface area contributed by atoms with E-state index >= 15 is 0 Å². The lowest BCUT2D eigenvalue weighted by Gasteiger charge is -2.29. The number of nitrogens with zero attached hydrogens (tertiary/aromatic N) is 3. The molecule has 4 heterocycles. The molecule has 40 heavy (non-hydrogen) atoms. The maximum atomic E-state index is 14.7. The molecule has 8 nitrogen and oxygen atoms in total. The summed E-state index contributed by atoms with van der Waals surface area (Å²) in [5.74, 6) is 0.0501. The van der Waals surface area contributed by atoms with E-state index in [1.165, 1.54) is 29.0 Å². The molecule has 0 radical (unpaired) electrons. The molecule has 5 aromatic rings. The van der Waals surface area contributed by atoms with E-state index in [1.54, 1.807) is 18.2 Å². The fourth-order valence-corrected chi connectivity index (χ4v) is 5.86. The average Bonchev–Trinajstić information content (AvgIpc) is 3.41. The van der Waals surface area contributed by atoms with Gasteiger partial charge in [-0.1, -0.05) is 24.3 Å². The molecule has 1 aliphatic rings. The second-order valence-electron chi connectivity index (χ2n) is 9.97. The van der Waals surface area contributed by atoms with E-state index in [2.05, 4.69) is 37.8 Å². The van der Waals surface area contributed by atoms with E-state index in [1.807, 2.05) is 42.6 Å². The third-order valence-corrected chi connectivity index (χ3v) is 8.32. The van der Waals surface area contributed by atoms with Crippen LogP contribution in [-0.2, 0) is 0 Å². The Morgan fingerprint density at radius 1 is 1.05 bits per heavy atom. The Hall–Kier alpha value is -4.41. The number of benzene rings is 2. The minimum Gasteiger partial charge on any atom is -0.336 e. The molecule has 202 valence electrons. The van der Waals surface area contributed by atoms with Crippen molar-refractivity contribution < 1.29 is 9.18 Å². The van der Waals surface area contributed by atoms with Gasteiger partial charge in [0.05, 0.1) is 16.3 Å². The van der Waals surface area contributed by atoms with Gasteiger partial charge in [-0.05, 0) is 92.3 Å². The van der Waals surface area contributed by atoms with Crippen molar-refractivity contribution in [3.63, 3.8) is 0 Å². The number of aromatic nitrogens is 3. The number of pyridine rings is 1. The summed E-state index contributed by atoms with van der Waals surface area (Å²) in [5.41, 5.74) is 1.99. The van der Waals surface area contributed by atoms with Gasteiger partial charge in [0.2, 0.25) is 0 Å². The van der Waals surface area contributed by atoms with Crippen LogP contribution in [0.3, 0.4) is 0 Å². The van der Waals surface area contributed by atoms with E-state index in [0.29, 0.717) is 27.9 Å². The Morgan fingerprint density at radius 2 is 1.88 bits per heavy atom. The third-order valence-electron chi connectivity index (χ3n) is 7.20. The van der Waals surface area contributed by atoms with Crippen LogP contribution in [0.15, 0.2) is 77.7 Å². The highest BCUT2D eigenvalue weighted by molar-refractivity contribution is 7.20. The number of amides is 1. The van der Waals surface area contributed by atoms with E-state index < -0.39 is 17.3 Å². The number of carbonyl (C=O) groups is 1. The summed E-state index contributed by atoms with van der Waals surface area (Å²) >= 11 is 1.34. The molecule has 0 saturated carbocycles. The van der Waals surface area contributed by atoms with E-state index in [-0.39, 0.29) is 11.4 Å². The monoisotopic (exact) mass is 554 g/mol. The largest absolute Gasteiger partial charge is 0.336 e. The Kier molecular flexibility index (Phi) is 7.10. The summed E-state index contributed by atoms with van der Waals surface area (Å²) < 4.78 is 15.6. The van der Waals surface area contributed by atoms with Crippen molar-refractivity contribution in [1.82, 2.24) is 20.1 Å². The molecule has 0 spiro atoms. The lowest BCUT2D eigenvalue weighted by atomic mass is 9.91. The summed E-state index contributed by atoms with van der Waals surface area (Å²) in [6, 6.07) is 19.3. The quantitative estimate of drug-likeness (QED) is 0.238. The lowest BCUT2D eigenvalue weighted by Crippen LogP contribution is -2.29. The van der Waals surface area contributed by atoms with Crippen LogP contribution in [0.25, 0.3) is 21.3 Å². The number of nitrogens with one attached hydrogen (secondary N) is 3. The number of halogens is 1. The normalized spacial score (nSPS) is 14.3. The van der Waals surface area contributed by atoms with Gasteiger partial charge in [-0.2, -0.15) is 5.10 Å². The maximum Gasteiger partial charge on any atom is 0.287 e. The predicted molar refractivity (Wildman–Crippen MR) is 157 cm³/mol. The van der Waals surface area contributed by atoms with Crippen LogP contribution >= 0.6 is 11.3 Å². The summed E-state index contributed by atoms with van der Waals surface area (Å²) in [6.45, 7) is 2.14. The van der Waals surface area contributed by atoms with E-state index in [0.717, 1.165) is 36.0 Å². The Bertz CT molecular complexity index is 1710. The molecular formula is C30H27FN6O2S. The fourth-order valence-electron chi connectivity index (χ4n) is 4.91. The zero-order chi connectivity index (χ0) is 27.6. The highest BCUT2D eigenvalue weighted by atomic mass is 32.1. The molecular weight excluding hydrogens is 527 g/mol. The van der Waals surface area contributed by atoms with Gasteiger partial charge >= 0.3 is 0 Å². The van der Waals surface area contributed by atoms with Crippen molar-refractivity contribution in [2.45, 2.75) is 18.8 Å². The van der Waals surface area contributed by atoms with Crippen LogP contribution in [0.1, 0.15) is 34.0 Å². The van der Waals surface area contributed by atoms with Crippen molar-refractivity contribution in [2.24, 2.45) is 0 Å². The Labute approximate surface area is 233 Å². The first-order chi connectivity index (χ1) is 19.4. The van der Waals surface area contributed by atoms with Gasteiger partial charge in [-0.25, -0.2) is 14.5 Å². The van der Waals surface area contributed by atoms with Crippen molar-refractivity contribution in [1.29, 1.82) is 0 Å². The second kappa shape index (κ2) is 11.0. The zero-order valence-electron chi connectivity index (χ0n) is 21.8. The summed E-state index contributed by atoms with van der Waals surface area (Å²) in [7, 11) is 2.14. The van der Waals surface area contributed by atoms with Crippen molar-refractivity contribution in [2.75, 3.05) is 30.8 Å². The molecule has 0 bridgehead atoms. The molecule has 0 unspecified atom stereocenters. The molecule has 6 rings (SSSR count). The van der Waals surface area contributed by atoms with Gasteiger partial charge < -0.3 is 15.5 Å². The number of fused-ring (bicyclic) bond motifs is 1. The first-order valence-electron chi connectivity index (χ1n) is 13.0. The topological polar surface area (TPSA) is 103 Å². The number of rotatable bonds is 6. The zero-order valence-corrected chi connectivity index (χ0v) is 22.6.